The van der Waals surface area contributed by atoms with Crippen molar-refractivity contribution in [2.75, 3.05) is 6.61 Å². The Labute approximate surface area is 86.7 Å². The third kappa shape index (κ3) is 2.58. The molecule has 2 nitrogen and oxygen atoms in total. The molecule has 72 valence electrons. The summed E-state index contributed by atoms with van der Waals surface area (Å²) in [6.45, 7) is -0.494. The van der Waals surface area contributed by atoms with Gasteiger partial charge >= 0.3 is 0 Å². The summed E-state index contributed by atoms with van der Waals surface area (Å²) in [5, 5.41) is 18.4. The summed E-state index contributed by atoms with van der Waals surface area (Å²) in [5.74, 6) is 0. The normalized spacial score (nSPS) is 14.2. The zero-order chi connectivity index (χ0) is 9.90. The van der Waals surface area contributed by atoms with Gasteiger partial charge in [-0.05, 0) is 5.56 Å². The van der Waals surface area contributed by atoms with E-state index < -0.39 is 17.0 Å². The average Bonchev–Trinajstić information content (AvgIpc) is 2.18. The first-order valence-electron chi connectivity index (χ1n) is 3.79. The summed E-state index contributed by atoms with van der Waals surface area (Å²) in [4.78, 5) is 0. The SMILES string of the molecule is OCC(Cl)(Cl)C(O)c1ccccc1. The quantitative estimate of drug-likeness (QED) is 0.765. The van der Waals surface area contributed by atoms with Crippen LogP contribution in [0.25, 0.3) is 0 Å². The number of alkyl halides is 2. The lowest BCUT2D eigenvalue weighted by molar-refractivity contribution is 0.122. The maximum Gasteiger partial charge on any atom is 0.170 e. The van der Waals surface area contributed by atoms with E-state index in [2.05, 4.69) is 0 Å². The van der Waals surface area contributed by atoms with Crippen LogP contribution in [0, 0.1) is 0 Å². The predicted octanol–water partition coefficient (Wildman–Crippen LogP) is 1.89. The van der Waals surface area contributed by atoms with Crippen LogP contribution in [0.5, 0.6) is 0 Å². The Morgan fingerprint density at radius 1 is 1.23 bits per heavy atom. The van der Waals surface area contributed by atoms with Gasteiger partial charge in [-0.25, -0.2) is 0 Å². The van der Waals surface area contributed by atoms with Crippen LogP contribution >= 0.6 is 23.2 Å². The number of halogens is 2. The first kappa shape index (κ1) is 10.8. The highest BCUT2D eigenvalue weighted by Gasteiger charge is 2.33. The third-order valence-electron chi connectivity index (χ3n) is 1.73. The van der Waals surface area contributed by atoms with E-state index in [-0.39, 0.29) is 0 Å². The molecule has 0 saturated carbocycles. The fourth-order valence-electron chi connectivity index (χ4n) is 0.966. The Hall–Kier alpha value is -0.280. The fourth-order valence-corrected chi connectivity index (χ4v) is 1.22. The molecule has 1 aromatic rings. The fraction of sp³-hybridized carbons (Fsp3) is 0.333. The zero-order valence-electron chi connectivity index (χ0n) is 6.82. The summed E-state index contributed by atoms with van der Waals surface area (Å²) in [6.07, 6.45) is -1.08. The molecule has 0 aliphatic rings. The summed E-state index contributed by atoms with van der Waals surface area (Å²) in [7, 11) is 0. The first-order chi connectivity index (χ1) is 6.08. The van der Waals surface area contributed by atoms with Gasteiger partial charge in [0.2, 0.25) is 0 Å². The molecular weight excluding hydrogens is 211 g/mol. The second-order valence-corrected chi connectivity index (χ2v) is 4.27. The van der Waals surface area contributed by atoms with Crippen molar-refractivity contribution in [2.45, 2.75) is 10.4 Å². The predicted molar refractivity (Wildman–Crippen MR) is 52.9 cm³/mol. The topological polar surface area (TPSA) is 40.5 Å². The van der Waals surface area contributed by atoms with Crippen LogP contribution in [-0.4, -0.2) is 21.2 Å². The highest BCUT2D eigenvalue weighted by molar-refractivity contribution is 6.49. The number of hydrogen-bond acceptors (Lipinski definition) is 2. The second-order valence-electron chi connectivity index (χ2n) is 2.73. The van der Waals surface area contributed by atoms with Gasteiger partial charge < -0.3 is 10.2 Å². The van der Waals surface area contributed by atoms with E-state index in [0.717, 1.165) is 0 Å². The van der Waals surface area contributed by atoms with Crippen molar-refractivity contribution in [3.8, 4) is 0 Å². The van der Waals surface area contributed by atoms with Crippen LogP contribution < -0.4 is 0 Å². The van der Waals surface area contributed by atoms with E-state index in [9.17, 15) is 5.11 Å². The molecule has 0 aliphatic heterocycles. The lowest BCUT2D eigenvalue weighted by Crippen LogP contribution is -2.27. The van der Waals surface area contributed by atoms with Crippen molar-refractivity contribution in [2.24, 2.45) is 0 Å². The van der Waals surface area contributed by atoms with E-state index in [4.69, 9.17) is 28.3 Å². The van der Waals surface area contributed by atoms with Gasteiger partial charge in [0.05, 0.1) is 6.61 Å². The van der Waals surface area contributed by atoms with Crippen molar-refractivity contribution in [3.05, 3.63) is 35.9 Å². The van der Waals surface area contributed by atoms with Crippen LogP contribution in [-0.2, 0) is 0 Å². The summed E-state index contributed by atoms with van der Waals surface area (Å²) < 4.78 is -1.54. The lowest BCUT2D eigenvalue weighted by Gasteiger charge is -2.23. The second kappa shape index (κ2) is 4.29. The molecule has 0 amide bonds. The largest absolute Gasteiger partial charge is 0.393 e. The van der Waals surface area contributed by atoms with Gasteiger partial charge in [-0.2, -0.15) is 0 Å². The third-order valence-corrected chi connectivity index (χ3v) is 2.38. The first-order valence-corrected chi connectivity index (χ1v) is 4.55. The highest BCUT2D eigenvalue weighted by atomic mass is 35.5. The minimum absolute atomic E-state index is 0.494. The molecule has 1 rings (SSSR count). The van der Waals surface area contributed by atoms with E-state index >= 15 is 0 Å². The molecule has 1 aromatic carbocycles. The molecule has 0 heterocycles. The molecule has 1 unspecified atom stereocenters. The van der Waals surface area contributed by atoms with Crippen molar-refractivity contribution < 1.29 is 10.2 Å². The van der Waals surface area contributed by atoms with Gasteiger partial charge in [0.1, 0.15) is 6.10 Å². The monoisotopic (exact) mass is 220 g/mol. The number of aliphatic hydroxyl groups excluding tert-OH is 2. The van der Waals surface area contributed by atoms with Crippen LogP contribution in [0.1, 0.15) is 11.7 Å². The van der Waals surface area contributed by atoms with E-state index in [1.807, 2.05) is 6.07 Å². The standard InChI is InChI=1S/C9H10Cl2O2/c10-9(11,6-12)8(13)7-4-2-1-3-5-7/h1-5,8,12-13H,6H2. The Morgan fingerprint density at radius 2 is 1.77 bits per heavy atom. The molecule has 2 N–H and O–H groups in total. The van der Waals surface area contributed by atoms with Crippen molar-refractivity contribution >= 4 is 23.2 Å². The van der Waals surface area contributed by atoms with Crippen LogP contribution in [0.4, 0.5) is 0 Å². The lowest BCUT2D eigenvalue weighted by atomic mass is 10.1. The maximum absolute atomic E-state index is 9.62. The molecule has 0 radical (unpaired) electrons. The summed E-state index contributed by atoms with van der Waals surface area (Å²) in [5.41, 5.74) is 0.585. The summed E-state index contributed by atoms with van der Waals surface area (Å²) >= 11 is 11.3. The zero-order valence-corrected chi connectivity index (χ0v) is 8.33. The summed E-state index contributed by atoms with van der Waals surface area (Å²) in [6, 6.07) is 8.73. The van der Waals surface area contributed by atoms with Crippen molar-refractivity contribution in [1.82, 2.24) is 0 Å². The Kier molecular flexibility index (Phi) is 3.56. The minimum atomic E-state index is -1.54. The van der Waals surface area contributed by atoms with Crippen molar-refractivity contribution in [3.63, 3.8) is 0 Å². The molecule has 0 aliphatic carbocycles. The van der Waals surface area contributed by atoms with Crippen LogP contribution in [0.3, 0.4) is 0 Å². The van der Waals surface area contributed by atoms with Gasteiger partial charge in [0.15, 0.2) is 4.33 Å². The van der Waals surface area contributed by atoms with Crippen LogP contribution in [0.15, 0.2) is 30.3 Å². The molecule has 1 atom stereocenters. The Balaban J connectivity index is 2.85. The minimum Gasteiger partial charge on any atom is -0.393 e. The van der Waals surface area contributed by atoms with Crippen molar-refractivity contribution in [1.29, 1.82) is 0 Å². The van der Waals surface area contributed by atoms with E-state index in [0.29, 0.717) is 5.56 Å². The van der Waals surface area contributed by atoms with Gasteiger partial charge in [-0.3, -0.25) is 0 Å². The number of aliphatic hydroxyl groups is 2. The Bertz CT molecular complexity index is 262. The number of hydrogen-bond donors (Lipinski definition) is 2. The van der Waals surface area contributed by atoms with Gasteiger partial charge in [-0.1, -0.05) is 53.5 Å². The van der Waals surface area contributed by atoms with Gasteiger partial charge in [0, 0.05) is 0 Å². The molecular formula is C9H10Cl2O2. The van der Waals surface area contributed by atoms with Crippen LogP contribution in [0.2, 0.25) is 0 Å². The molecule has 0 saturated heterocycles. The molecule has 0 bridgehead atoms. The molecule has 0 aromatic heterocycles. The molecule has 0 spiro atoms. The molecule has 13 heavy (non-hydrogen) atoms. The van der Waals surface area contributed by atoms with Gasteiger partial charge in [0.25, 0.3) is 0 Å². The molecule has 0 fully saturated rings. The van der Waals surface area contributed by atoms with E-state index in [1.165, 1.54) is 0 Å². The highest BCUT2D eigenvalue weighted by Crippen LogP contribution is 2.35. The maximum atomic E-state index is 9.62. The average molecular weight is 221 g/mol. The Morgan fingerprint density at radius 3 is 2.23 bits per heavy atom. The number of benzene rings is 1. The molecule has 4 heteroatoms. The van der Waals surface area contributed by atoms with Gasteiger partial charge in [-0.15, -0.1) is 0 Å². The smallest absolute Gasteiger partial charge is 0.170 e. The van der Waals surface area contributed by atoms with E-state index in [1.54, 1.807) is 24.3 Å². The number of rotatable bonds is 3.